The Morgan fingerprint density at radius 2 is 1.95 bits per heavy atom. The van der Waals surface area contributed by atoms with E-state index in [9.17, 15) is 0 Å². The minimum Gasteiger partial charge on any atom is -0.321 e. The van der Waals surface area contributed by atoms with E-state index in [4.69, 9.17) is 17.3 Å². The third-order valence-corrected chi connectivity index (χ3v) is 3.42. The van der Waals surface area contributed by atoms with Gasteiger partial charge in [0.25, 0.3) is 0 Å². The van der Waals surface area contributed by atoms with Crippen LogP contribution in [-0.2, 0) is 12.0 Å². The fourth-order valence-electron chi connectivity index (χ4n) is 2.09. The highest BCUT2D eigenvalue weighted by atomic mass is 35.5. The van der Waals surface area contributed by atoms with Crippen molar-refractivity contribution in [2.45, 2.75) is 38.8 Å². The molecule has 0 saturated heterocycles. The molecule has 4 nitrogen and oxygen atoms in total. The van der Waals surface area contributed by atoms with E-state index in [0.29, 0.717) is 11.4 Å². The molecular formula is C14H19ClN4. The summed E-state index contributed by atoms with van der Waals surface area (Å²) in [6.45, 7) is 6.15. The van der Waals surface area contributed by atoms with Gasteiger partial charge in [-0.3, -0.25) is 0 Å². The molecule has 2 rings (SSSR count). The lowest BCUT2D eigenvalue weighted by molar-refractivity contribution is 0.433. The standard InChI is InChI=1S/C14H19ClN4/c1-10(2)19-13(17-9-18-19)8-14(3,16)11-4-6-12(15)7-5-11/h4-7,9-10H,8,16H2,1-3H3. The molecule has 0 aliphatic carbocycles. The van der Waals surface area contributed by atoms with Crippen LogP contribution in [0.4, 0.5) is 0 Å². The van der Waals surface area contributed by atoms with Gasteiger partial charge < -0.3 is 5.73 Å². The Morgan fingerprint density at radius 3 is 2.53 bits per heavy atom. The molecule has 1 unspecified atom stereocenters. The second-order valence-corrected chi connectivity index (χ2v) is 5.75. The van der Waals surface area contributed by atoms with E-state index in [1.54, 1.807) is 6.33 Å². The van der Waals surface area contributed by atoms with E-state index in [2.05, 4.69) is 23.9 Å². The quantitative estimate of drug-likeness (QED) is 0.935. The second-order valence-electron chi connectivity index (χ2n) is 5.32. The SMILES string of the molecule is CC(C)n1ncnc1CC(C)(N)c1ccc(Cl)cc1. The minimum absolute atomic E-state index is 0.276. The fraction of sp³-hybridized carbons (Fsp3) is 0.429. The molecule has 0 amide bonds. The van der Waals surface area contributed by atoms with Gasteiger partial charge in [-0.15, -0.1) is 0 Å². The summed E-state index contributed by atoms with van der Waals surface area (Å²) >= 11 is 5.90. The summed E-state index contributed by atoms with van der Waals surface area (Å²) in [6, 6.07) is 7.90. The van der Waals surface area contributed by atoms with Crippen LogP contribution in [0, 0.1) is 0 Å². The van der Waals surface area contributed by atoms with Gasteiger partial charge in [0.2, 0.25) is 0 Å². The monoisotopic (exact) mass is 278 g/mol. The van der Waals surface area contributed by atoms with Crippen molar-refractivity contribution in [2.75, 3.05) is 0 Å². The first-order valence-electron chi connectivity index (χ1n) is 6.33. The van der Waals surface area contributed by atoms with Gasteiger partial charge in [0, 0.05) is 23.0 Å². The van der Waals surface area contributed by atoms with Crippen LogP contribution in [-0.4, -0.2) is 14.8 Å². The number of nitrogens with zero attached hydrogens (tertiary/aromatic N) is 3. The molecule has 5 heteroatoms. The first kappa shape index (κ1) is 14.0. The predicted molar refractivity (Wildman–Crippen MR) is 77.1 cm³/mol. The van der Waals surface area contributed by atoms with Gasteiger partial charge >= 0.3 is 0 Å². The number of halogens is 1. The molecule has 19 heavy (non-hydrogen) atoms. The number of nitrogens with two attached hydrogens (primary N) is 1. The zero-order valence-corrected chi connectivity index (χ0v) is 12.2. The van der Waals surface area contributed by atoms with Crippen molar-refractivity contribution < 1.29 is 0 Å². The molecule has 0 saturated carbocycles. The van der Waals surface area contributed by atoms with Crippen LogP contribution in [0.3, 0.4) is 0 Å². The molecule has 0 aliphatic rings. The van der Waals surface area contributed by atoms with Crippen LogP contribution in [0.5, 0.6) is 0 Å². The Balaban J connectivity index is 2.25. The summed E-state index contributed by atoms with van der Waals surface area (Å²) in [5.41, 5.74) is 6.97. The van der Waals surface area contributed by atoms with E-state index >= 15 is 0 Å². The Labute approximate surface area is 118 Å². The highest BCUT2D eigenvalue weighted by Crippen LogP contribution is 2.24. The van der Waals surface area contributed by atoms with Crippen molar-refractivity contribution in [3.05, 3.63) is 47.0 Å². The van der Waals surface area contributed by atoms with E-state index in [-0.39, 0.29) is 6.04 Å². The van der Waals surface area contributed by atoms with Gasteiger partial charge in [-0.1, -0.05) is 23.7 Å². The number of rotatable bonds is 4. The first-order valence-corrected chi connectivity index (χ1v) is 6.71. The molecule has 1 heterocycles. The summed E-state index contributed by atoms with van der Waals surface area (Å²) in [6.07, 6.45) is 2.21. The molecule has 0 aliphatic heterocycles. The highest BCUT2D eigenvalue weighted by Gasteiger charge is 2.24. The predicted octanol–water partition coefficient (Wildman–Crippen LogP) is 2.93. The van der Waals surface area contributed by atoms with Crippen molar-refractivity contribution in [1.82, 2.24) is 14.8 Å². The van der Waals surface area contributed by atoms with Gasteiger partial charge in [0.05, 0.1) is 0 Å². The number of benzene rings is 1. The van der Waals surface area contributed by atoms with Gasteiger partial charge in [-0.05, 0) is 38.5 Å². The zero-order chi connectivity index (χ0) is 14.0. The van der Waals surface area contributed by atoms with Crippen molar-refractivity contribution in [3.63, 3.8) is 0 Å². The molecule has 0 spiro atoms. The Hall–Kier alpha value is -1.39. The number of aromatic nitrogens is 3. The molecule has 2 aromatic rings. The van der Waals surface area contributed by atoms with Crippen molar-refractivity contribution in [2.24, 2.45) is 5.73 Å². The van der Waals surface area contributed by atoms with Gasteiger partial charge in [-0.2, -0.15) is 5.10 Å². The minimum atomic E-state index is -0.496. The van der Waals surface area contributed by atoms with E-state index < -0.39 is 5.54 Å². The molecule has 1 aromatic heterocycles. The van der Waals surface area contributed by atoms with Crippen LogP contribution in [0.2, 0.25) is 5.02 Å². The van der Waals surface area contributed by atoms with Gasteiger partial charge in [0.15, 0.2) is 0 Å². The van der Waals surface area contributed by atoms with Crippen molar-refractivity contribution in [3.8, 4) is 0 Å². The average Bonchev–Trinajstić information content (AvgIpc) is 2.77. The Kier molecular flexibility index (Phi) is 3.92. The Bertz CT molecular complexity index is 543. The topological polar surface area (TPSA) is 56.7 Å². The van der Waals surface area contributed by atoms with Crippen LogP contribution < -0.4 is 5.73 Å². The number of hydrogen-bond acceptors (Lipinski definition) is 3. The van der Waals surface area contributed by atoms with Gasteiger partial charge in [0.1, 0.15) is 12.2 Å². The van der Waals surface area contributed by atoms with Crippen molar-refractivity contribution in [1.29, 1.82) is 0 Å². The van der Waals surface area contributed by atoms with Crippen LogP contribution in [0.1, 0.15) is 38.2 Å². The second kappa shape index (κ2) is 5.31. The van der Waals surface area contributed by atoms with E-state index in [1.807, 2.05) is 35.9 Å². The normalized spacial score (nSPS) is 14.6. The molecule has 0 fully saturated rings. The summed E-state index contributed by atoms with van der Waals surface area (Å²) in [5.74, 6) is 0.898. The summed E-state index contributed by atoms with van der Waals surface area (Å²) in [7, 11) is 0. The molecule has 1 aromatic carbocycles. The fourth-order valence-corrected chi connectivity index (χ4v) is 2.22. The third kappa shape index (κ3) is 3.14. The maximum atomic E-state index is 6.42. The van der Waals surface area contributed by atoms with Gasteiger partial charge in [-0.25, -0.2) is 9.67 Å². The molecule has 0 bridgehead atoms. The first-order chi connectivity index (χ1) is 8.90. The zero-order valence-electron chi connectivity index (χ0n) is 11.5. The maximum absolute atomic E-state index is 6.42. The third-order valence-electron chi connectivity index (χ3n) is 3.17. The Morgan fingerprint density at radius 1 is 1.32 bits per heavy atom. The summed E-state index contributed by atoms with van der Waals surface area (Å²) < 4.78 is 1.90. The molecule has 1 atom stereocenters. The molecule has 102 valence electrons. The van der Waals surface area contributed by atoms with Crippen LogP contribution in [0.25, 0.3) is 0 Å². The maximum Gasteiger partial charge on any atom is 0.138 e. The van der Waals surface area contributed by atoms with E-state index in [1.165, 1.54) is 0 Å². The van der Waals surface area contributed by atoms with Crippen LogP contribution >= 0.6 is 11.6 Å². The lowest BCUT2D eigenvalue weighted by Gasteiger charge is -2.25. The summed E-state index contributed by atoms with van der Waals surface area (Å²) in [4.78, 5) is 4.31. The highest BCUT2D eigenvalue weighted by molar-refractivity contribution is 6.30. The number of hydrogen-bond donors (Lipinski definition) is 1. The van der Waals surface area contributed by atoms with E-state index in [0.717, 1.165) is 11.4 Å². The smallest absolute Gasteiger partial charge is 0.138 e. The average molecular weight is 279 g/mol. The van der Waals surface area contributed by atoms with Crippen molar-refractivity contribution >= 4 is 11.6 Å². The molecule has 0 radical (unpaired) electrons. The lowest BCUT2D eigenvalue weighted by Crippen LogP contribution is -2.36. The molecule has 2 N–H and O–H groups in total. The largest absolute Gasteiger partial charge is 0.321 e. The summed E-state index contributed by atoms with van der Waals surface area (Å²) in [5, 5.41) is 4.95. The molecular weight excluding hydrogens is 260 g/mol. The van der Waals surface area contributed by atoms with Crippen LogP contribution in [0.15, 0.2) is 30.6 Å². The lowest BCUT2D eigenvalue weighted by atomic mass is 9.89.